The zero-order chi connectivity index (χ0) is 21.9. The number of hydrogen-bond acceptors (Lipinski definition) is 4. The SMILES string of the molecule is CC(C(=O)Nc1cnn(COCC(F)(F)F)c1)n1nc(C(F)F)c(Cl)c1C(F)F. The molecule has 0 spiro atoms. The molecule has 2 rings (SSSR count). The lowest BCUT2D eigenvalue weighted by atomic mass is 10.3. The van der Waals surface area contributed by atoms with E-state index in [1.165, 1.54) is 0 Å². The molecule has 0 bridgehead atoms. The summed E-state index contributed by atoms with van der Waals surface area (Å²) in [6.45, 7) is -0.946. The number of aromatic nitrogens is 4. The molecule has 0 aliphatic heterocycles. The van der Waals surface area contributed by atoms with Crippen molar-refractivity contribution in [1.82, 2.24) is 19.6 Å². The second-order valence-electron chi connectivity index (χ2n) is 5.66. The Balaban J connectivity index is 2.09. The van der Waals surface area contributed by atoms with Gasteiger partial charge in [-0.05, 0) is 6.92 Å². The van der Waals surface area contributed by atoms with E-state index in [4.69, 9.17) is 11.6 Å². The highest BCUT2D eigenvalue weighted by Gasteiger charge is 2.32. The summed E-state index contributed by atoms with van der Waals surface area (Å²) in [6, 6.07) is -1.46. The molecule has 0 fully saturated rings. The average molecular weight is 452 g/mol. The first-order valence-electron chi connectivity index (χ1n) is 7.72. The molecule has 0 aromatic carbocycles. The summed E-state index contributed by atoms with van der Waals surface area (Å²) in [5.41, 5.74) is -2.12. The van der Waals surface area contributed by atoms with E-state index in [1.807, 2.05) is 0 Å². The van der Waals surface area contributed by atoms with Gasteiger partial charge in [0.25, 0.3) is 12.9 Å². The molecular formula is C14H13ClF7N5O2. The van der Waals surface area contributed by atoms with Gasteiger partial charge < -0.3 is 10.1 Å². The highest BCUT2D eigenvalue weighted by molar-refractivity contribution is 6.32. The maximum absolute atomic E-state index is 13.2. The van der Waals surface area contributed by atoms with Crippen LogP contribution in [0.4, 0.5) is 36.4 Å². The number of rotatable bonds is 8. The van der Waals surface area contributed by atoms with Crippen LogP contribution in [0.2, 0.25) is 5.02 Å². The average Bonchev–Trinajstić information content (AvgIpc) is 3.17. The van der Waals surface area contributed by atoms with E-state index >= 15 is 0 Å². The zero-order valence-electron chi connectivity index (χ0n) is 14.4. The molecule has 29 heavy (non-hydrogen) atoms. The molecule has 1 atom stereocenters. The van der Waals surface area contributed by atoms with Gasteiger partial charge in [0.1, 0.15) is 30.8 Å². The first kappa shape index (κ1) is 22.9. The Kier molecular flexibility index (Phi) is 7.11. The van der Waals surface area contributed by atoms with Gasteiger partial charge in [0, 0.05) is 0 Å². The van der Waals surface area contributed by atoms with Crippen LogP contribution in [0.3, 0.4) is 0 Å². The van der Waals surface area contributed by atoms with Gasteiger partial charge in [0.2, 0.25) is 5.91 Å². The van der Waals surface area contributed by atoms with Crippen molar-refractivity contribution < 1.29 is 40.3 Å². The number of carbonyl (C=O) groups excluding carboxylic acids is 1. The smallest absolute Gasteiger partial charge is 0.350 e. The summed E-state index contributed by atoms with van der Waals surface area (Å²) in [6.07, 6.45) is -8.84. The Morgan fingerprint density at radius 2 is 1.93 bits per heavy atom. The lowest BCUT2D eigenvalue weighted by molar-refractivity contribution is -0.182. The molecule has 1 unspecified atom stereocenters. The zero-order valence-corrected chi connectivity index (χ0v) is 15.2. The van der Waals surface area contributed by atoms with E-state index < -0.39 is 60.7 Å². The van der Waals surface area contributed by atoms with E-state index in [-0.39, 0.29) is 5.69 Å². The molecule has 0 aliphatic rings. The number of halogens is 8. The fourth-order valence-corrected chi connectivity index (χ4v) is 2.48. The molecule has 7 nitrogen and oxygen atoms in total. The lowest BCUT2D eigenvalue weighted by Gasteiger charge is -2.15. The second kappa shape index (κ2) is 8.98. The predicted molar refractivity (Wildman–Crippen MR) is 84.7 cm³/mol. The van der Waals surface area contributed by atoms with Crippen LogP contribution in [-0.4, -0.2) is 38.3 Å². The quantitative estimate of drug-likeness (QED) is 0.606. The number of nitrogens with zero attached hydrogens (tertiary/aromatic N) is 4. The largest absolute Gasteiger partial charge is 0.411 e. The number of hydrogen-bond donors (Lipinski definition) is 1. The summed E-state index contributed by atoms with van der Waals surface area (Å²) in [5.74, 6) is -0.928. The van der Waals surface area contributed by atoms with E-state index in [9.17, 15) is 35.5 Å². The van der Waals surface area contributed by atoms with Crippen molar-refractivity contribution in [2.24, 2.45) is 0 Å². The fraction of sp³-hybridized carbons (Fsp3) is 0.500. The maximum Gasteiger partial charge on any atom is 0.411 e. The summed E-state index contributed by atoms with van der Waals surface area (Å²) >= 11 is 5.53. The highest BCUT2D eigenvalue weighted by Crippen LogP contribution is 2.36. The number of anilines is 1. The number of alkyl halides is 7. The summed E-state index contributed by atoms with van der Waals surface area (Å²) in [4.78, 5) is 12.3. The van der Waals surface area contributed by atoms with Crippen LogP contribution in [0.5, 0.6) is 0 Å². The first-order chi connectivity index (χ1) is 13.4. The third kappa shape index (κ3) is 5.82. The Morgan fingerprint density at radius 3 is 2.48 bits per heavy atom. The first-order valence-corrected chi connectivity index (χ1v) is 8.10. The number of nitrogens with one attached hydrogen (secondary N) is 1. The van der Waals surface area contributed by atoms with Crippen LogP contribution >= 0.6 is 11.6 Å². The predicted octanol–water partition coefficient (Wildman–Crippen LogP) is 4.34. The van der Waals surface area contributed by atoms with E-state index in [0.29, 0.717) is 4.68 Å². The highest BCUT2D eigenvalue weighted by atomic mass is 35.5. The summed E-state index contributed by atoms with van der Waals surface area (Å²) < 4.78 is 93.9. The topological polar surface area (TPSA) is 74.0 Å². The van der Waals surface area contributed by atoms with Crippen molar-refractivity contribution in [3.05, 3.63) is 28.8 Å². The molecule has 0 aliphatic carbocycles. The fourth-order valence-electron chi connectivity index (χ4n) is 2.19. The molecule has 0 saturated heterocycles. The van der Waals surface area contributed by atoms with Crippen molar-refractivity contribution >= 4 is 23.2 Å². The van der Waals surface area contributed by atoms with Crippen LogP contribution in [0.15, 0.2) is 12.4 Å². The maximum atomic E-state index is 13.2. The molecular weight excluding hydrogens is 439 g/mol. The summed E-state index contributed by atoms with van der Waals surface area (Å²) in [7, 11) is 0. The molecule has 162 valence electrons. The number of ether oxygens (including phenoxy) is 1. The van der Waals surface area contributed by atoms with E-state index in [1.54, 1.807) is 0 Å². The van der Waals surface area contributed by atoms with Gasteiger partial charge >= 0.3 is 6.18 Å². The van der Waals surface area contributed by atoms with Crippen LogP contribution in [-0.2, 0) is 16.3 Å². The van der Waals surface area contributed by atoms with Crippen molar-refractivity contribution in [1.29, 1.82) is 0 Å². The van der Waals surface area contributed by atoms with Crippen molar-refractivity contribution in [3.8, 4) is 0 Å². The lowest BCUT2D eigenvalue weighted by Crippen LogP contribution is -2.26. The van der Waals surface area contributed by atoms with Crippen molar-refractivity contribution in [2.75, 3.05) is 11.9 Å². The normalized spacial score (nSPS) is 13.3. The second-order valence-corrected chi connectivity index (χ2v) is 6.03. The van der Waals surface area contributed by atoms with Crippen molar-refractivity contribution in [2.45, 2.75) is 38.7 Å². The van der Waals surface area contributed by atoms with Gasteiger partial charge in [0.05, 0.1) is 23.1 Å². The third-order valence-corrected chi connectivity index (χ3v) is 3.85. The van der Waals surface area contributed by atoms with Gasteiger partial charge in [-0.15, -0.1) is 0 Å². The van der Waals surface area contributed by atoms with Gasteiger partial charge in [-0.2, -0.15) is 23.4 Å². The molecule has 2 heterocycles. The van der Waals surface area contributed by atoms with Crippen LogP contribution in [0.1, 0.15) is 37.2 Å². The standard InChI is InChI=1S/C14H13ClF7N5O2/c1-6(27-10(12(18)19)8(15)9(25-27)11(16)17)13(28)24-7-2-23-26(3-7)5-29-4-14(20,21)22/h2-3,6,11-12H,4-5H2,1H3,(H,24,28). The molecule has 15 heteroatoms. The van der Waals surface area contributed by atoms with E-state index in [0.717, 1.165) is 24.0 Å². The summed E-state index contributed by atoms with van der Waals surface area (Å²) in [5, 5.41) is 8.28. The van der Waals surface area contributed by atoms with Crippen LogP contribution < -0.4 is 5.32 Å². The third-order valence-electron chi connectivity index (χ3n) is 3.46. The molecule has 2 aromatic heterocycles. The van der Waals surface area contributed by atoms with Crippen LogP contribution in [0, 0.1) is 0 Å². The molecule has 1 amide bonds. The minimum Gasteiger partial charge on any atom is -0.350 e. The number of amides is 1. The Hall–Kier alpha value is -2.35. The van der Waals surface area contributed by atoms with Gasteiger partial charge in [-0.1, -0.05) is 11.6 Å². The Labute approximate surface area is 163 Å². The van der Waals surface area contributed by atoms with Gasteiger partial charge in [0.15, 0.2) is 0 Å². The molecule has 1 N–H and O–H groups in total. The molecule has 0 saturated carbocycles. The van der Waals surface area contributed by atoms with Crippen molar-refractivity contribution in [3.63, 3.8) is 0 Å². The molecule has 0 radical (unpaired) electrons. The van der Waals surface area contributed by atoms with Gasteiger partial charge in [-0.3, -0.25) is 4.79 Å². The Morgan fingerprint density at radius 1 is 1.28 bits per heavy atom. The Bertz CT molecular complexity index is 852. The van der Waals surface area contributed by atoms with Crippen LogP contribution in [0.25, 0.3) is 0 Å². The monoisotopic (exact) mass is 451 g/mol. The number of carbonyl (C=O) groups is 1. The van der Waals surface area contributed by atoms with Gasteiger partial charge in [-0.25, -0.2) is 26.9 Å². The molecule has 2 aromatic rings. The van der Waals surface area contributed by atoms with E-state index in [2.05, 4.69) is 20.3 Å². The minimum atomic E-state index is -4.52. The minimum absolute atomic E-state index is 0.00314.